The molecular weight excluding hydrogens is 340 g/mol. The highest BCUT2D eigenvalue weighted by atomic mass is 16.5. The molecule has 0 bridgehead atoms. The predicted octanol–water partition coefficient (Wildman–Crippen LogP) is 6.04. The Morgan fingerprint density at radius 2 is 1.48 bits per heavy atom. The summed E-state index contributed by atoms with van der Waals surface area (Å²) in [6.07, 6.45) is 18.7. The van der Waals surface area contributed by atoms with Crippen LogP contribution in [0.15, 0.2) is 11.3 Å². The van der Waals surface area contributed by atoms with E-state index >= 15 is 0 Å². The van der Waals surface area contributed by atoms with E-state index in [4.69, 9.17) is 0 Å². The number of ether oxygens (including phenoxy) is 1. The summed E-state index contributed by atoms with van der Waals surface area (Å²) >= 11 is 0. The summed E-state index contributed by atoms with van der Waals surface area (Å²) in [7, 11) is 0. The highest BCUT2D eigenvalue weighted by Crippen LogP contribution is 2.45. The second-order valence-electron chi connectivity index (χ2n) is 8.44. The van der Waals surface area contributed by atoms with Gasteiger partial charge in [-0.15, -0.1) is 0 Å². The molecule has 1 aliphatic carbocycles. The van der Waals surface area contributed by atoms with E-state index in [1.54, 1.807) is 0 Å². The standard InChI is InChI=1S/C23H38O4/c1-2-3-4-5-6-7-8-9-10-13-18-16-19(18)14-11-12-15-20(24)22-21(25)17-27-23(22)26/h18-19,25H,2-17H2,1H3. The lowest BCUT2D eigenvalue weighted by Gasteiger charge is -2.03. The number of esters is 1. The minimum absolute atomic E-state index is 0.121. The van der Waals surface area contributed by atoms with Gasteiger partial charge in [0, 0.05) is 6.42 Å². The van der Waals surface area contributed by atoms with Crippen molar-refractivity contribution in [3.05, 3.63) is 11.3 Å². The molecule has 1 aliphatic heterocycles. The van der Waals surface area contributed by atoms with E-state index in [0.717, 1.165) is 24.7 Å². The summed E-state index contributed by atoms with van der Waals surface area (Å²) in [5.74, 6) is 0.644. The molecule has 0 saturated heterocycles. The van der Waals surface area contributed by atoms with E-state index in [9.17, 15) is 14.7 Å². The zero-order valence-electron chi connectivity index (χ0n) is 17.1. The van der Waals surface area contributed by atoms with Gasteiger partial charge in [0.15, 0.2) is 5.78 Å². The third-order valence-corrected chi connectivity index (χ3v) is 6.09. The fourth-order valence-corrected chi connectivity index (χ4v) is 4.22. The van der Waals surface area contributed by atoms with Gasteiger partial charge in [-0.05, 0) is 24.7 Å². The van der Waals surface area contributed by atoms with Crippen LogP contribution in [0, 0.1) is 11.8 Å². The zero-order valence-corrected chi connectivity index (χ0v) is 17.1. The minimum Gasteiger partial charge on any atom is -0.508 e. The van der Waals surface area contributed by atoms with Crippen LogP contribution in [0.2, 0.25) is 0 Å². The Labute approximate surface area is 164 Å². The maximum atomic E-state index is 12.0. The van der Waals surface area contributed by atoms with E-state index < -0.39 is 5.97 Å². The summed E-state index contributed by atoms with van der Waals surface area (Å²) in [5, 5.41) is 9.52. The number of carbonyl (C=O) groups is 2. The molecule has 2 unspecified atom stereocenters. The first-order valence-corrected chi connectivity index (χ1v) is 11.3. The fourth-order valence-electron chi connectivity index (χ4n) is 4.22. The number of rotatable bonds is 16. The van der Waals surface area contributed by atoms with Crippen molar-refractivity contribution in [2.45, 2.75) is 103 Å². The van der Waals surface area contributed by atoms with Crippen LogP contribution in [-0.2, 0) is 14.3 Å². The Morgan fingerprint density at radius 3 is 2.04 bits per heavy atom. The highest BCUT2D eigenvalue weighted by Gasteiger charge is 2.35. The molecule has 0 aromatic rings. The Bertz CT molecular complexity index is 509. The van der Waals surface area contributed by atoms with E-state index in [-0.39, 0.29) is 23.7 Å². The zero-order chi connectivity index (χ0) is 19.5. The molecule has 0 radical (unpaired) electrons. The molecule has 2 aliphatic rings. The number of ketones is 1. The molecule has 0 aromatic heterocycles. The van der Waals surface area contributed by atoms with E-state index in [1.807, 2.05) is 0 Å². The SMILES string of the molecule is CCCCCCCCCCCC1CC1CCCCC(=O)C1=C(O)COC1=O. The maximum absolute atomic E-state index is 12.0. The molecule has 0 amide bonds. The van der Waals surface area contributed by atoms with Crippen LogP contribution in [-0.4, -0.2) is 23.5 Å². The monoisotopic (exact) mass is 378 g/mol. The van der Waals surface area contributed by atoms with Crippen molar-refractivity contribution >= 4 is 11.8 Å². The molecule has 2 rings (SSSR count). The highest BCUT2D eigenvalue weighted by molar-refractivity contribution is 6.18. The van der Waals surface area contributed by atoms with Gasteiger partial charge in [0.05, 0.1) is 0 Å². The summed E-state index contributed by atoms with van der Waals surface area (Å²) in [5.41, 5.74) is -0.121. The number of hydrogen-bond acceptors (Lipinski definition) is 4. The lowest BCUT2D eigenvalue weighted by atomic mass is 10.0. The van der Waals surface area contributed by atoms with E-state index in [0.29, 0.717) is 6.42 Å². The van der Waals surface area contributed by atoms with Gasteiger partial charge in [0.1, 0.15) is 17.9 Å². The summed E-state index contributed by atoms with van der Waals surface area (Å²) in [4.78, 5) is 23.4. The van der Waals surface area contributed by atoms with E-state index in [1.165, 1.54) is 77.0 Å². The molecule has 154 valence electrons. The fraction of sp³-hybridized carbons (Fsp3) is 0.826. The van der Waals surface area contributed by atoms with Gasteiger partial charge in [0.25, 0.3) is 0 Å². The van der Waals surface area contributed by atoms with Crippen LogP contribution in [0.5, 0.6) is 0 Å². The molecule has 1 N–H and O–H groups in total. The van der Waals surface area contributed by atoms with Crippen molar-refractivity contribution in [1.82, 2.24) is 0 Å². The molecule has 0 aromatic carbocycles. The summed E-state index contributed by atoms with van der Waals surface area (Å²) < 4.78 is 4.67. The topological polar surface area (TPSA) is 63.6 Å². The summed E-state index contributed by atoms with van der Waals surface area (Å²) in [6.45, 7) is 2.12. The molecule has 4 nitrogen and oxygen atoms in total. The lowest BCUT2D eigenvalue weighted by Crippen LogP contribution is -2.11. The molecule has 1 fully saturated rings. The Hall–Kier alpha value is -1.32. The number of cyclic esters (lactones) is 1. The predicted molar refractivity (Wildman–Crippen MR) is 108 cm³/mol. The molecule has 4 heteroatoms. The smallest absolute Gasteiger partial charge is 0.345 e. The third kappa shape index (κ3) is 8.06. The van der Waals surface area contributed by atoms with Gasteiger partial charge >= 0.3 is 5.97 Å². The Morgan fingerprint density at radius 1 is 0.926 bits per heavy atom. The van der Waals surface area contributed by atoms with Gasteiger partial charge in [-0.3, -0.25) is 4.79 Å². The van der Waals surface area contributed by atoms with Gasteiger partial charge in [0.2, 0.25) is 0 Å². The van der Waals surface area contributed by atoms with Gasteiger partial charge < -0.3 is 9.84 Å². The largest absolute Gasteiger partial charge is 0.508 e. The number of hydrogen-bond donors (Lipinski definition) is 1. The van der Waals surface area contributed by atoms with Crippen LogP contribution in [0.25, 0.3) is 0 Å². The number of Topliss-reactive ketones (excluding diaryl/α,β-unsaturated/α-hetero) is 1. The van der Waals surface area contributed by atoms with Crippen molar-refractivity contribution in [2.75, 3.05) is 6.61 Å². The molecule has 2 atom stereocenters. The van der Waals surface area contributed by atoms with Crippen molar-refractivity contribution < 1.29 is 19.4 Å². The van der Waals surface area contributed by atoms with Crippen LogP contribution in [0.3, 0.4) is 0 Å². The first-order valence-electron chi connectivity index (χ1n) is 11.3. The number of aliphatic hydroxyl groups excluding tert-OH is 1. The van der Waals surface area contributed by atoms with E-state index in [2.05, 4.69) is 11.7 Å². The molecular formula is C23H38O4. The van der Waals surface area contributed by atoms with Crippen molar-refractivity contribution in [2.24, 2.45) is 11.8 Å². The number of carbonyl (C=O) groups excluding carboxylic acids is 2. The van der Waals surface area contributed by atoms with Gasteiger partial charge in [-0.25, -0.2) is 4.79 Å². The molecule has 1 heterocycles. The van der Waals surface area contributed by atoms with Crippen LogP contribution >= 0.6 is 0 Å². The Kier molecular flexibility index (Phi) is 9.93. The van der Waals surface area contributed by atoms with Crippen LogP contribution in [0.4, 0.5) is 0 Å². The second kappa shape index (κ2) is 12.2. The molecule has 27 heavy (non-hydrogen) atoms. The maximum Gasteiger partial charge on any atom is 0.345 e. The lowest BCUT2D eigenvalue weighted by molar-refractivity contribution is -0.137. The van der Waals surface area contributed by atoms with Crippen molar-refractivity contribution in [3.8, 4) is 0 Å². The van der Waals surface area contributed by atoms with Crippen LogP contribution < -0.4 is 0 Å². The van der Waals surface area contributed by atoms with Gasteiger partial charge in [-0.1, -0.05) is 84.0 Å². The quantitative estimate of drug-likeness (QED) is 0.202. The summed E-state index contributed by atoms with van der Waals surface area (Å²) in [6, 6.07) is 0. The first-order chi connectivity index (χ1) is 13.1. The normalized spacial score (nSPS) is 21.6. The second-order valence-corrected chi connectivity index (χ2v) is 8.44. The van der Waals surface area contributed by atoms with Crippen LogP contribution in [0.1, 0.15) is 103 Å². The first kappa shape index (κ1) is 22.0. The van der Waals surface area contributed by atoms with Crippen molar-refractivity contribution in [1.29, 1.82) is 0 Å². The Balaban J connectivity index is 1.40. The minimum atomic E-state index is -0.666. The average molecular weight is 379 g/mol. The average Bonchev–Trinajstić information content (AvgIpc) is 3.31. The third-order valence-electron chi connectivity index (χ3n) is 6.09. The van der Waals surface area contributed by atoms with Crippen molar-refractivity contribution in [3.63, 3.8) is 0 Å². The number of unbranched alkanes of at least 4 members (excludes halogenated alkanes) is 9. The van der Waals surface area contributed by atoms with Gasteiger partial charge in [-0.2, -0.15) is 0 Å². The molecule has 1 saturated carbocycles. The molecule has 0 spiro atoms. The number of aliphatic hydroxyl groups is 1.